The maximum absolute atomic E-state index is 11.7. The van der Waals surface area contributed by atoms with Crippen molar-refractivity contribution in [2.75, 3.05) is 25.1 Å². The first-order valence-electron chi connectivity index (χ1n) is 4.88. The minimum Gasteiger partial charge on any atom is -0.476 e. The van der Waals surface area contributed by atoms with Gasteiger partial charge in [0.15, 0.2) is 10.8 Å². The smallest absolute Gasteiger partial charge is 0.411 e. The first-order chi connectivity index (χ1) is 8.29. The van der Waals surface area contributed by atoms with Crippen molar-refractivity contribution in [1.82, 2.24) is 4.98 Å². The van der Waals surface area contributed by atoms with E-state index in [-0.39, 0.29) is 18.8 Å². The molecule has 18 heavy (non-hydrogen) atoms. The summed E-state index contributed by atoms with van der Waals surface area (Å²) < 4.78 is 39.6. The zero-order chi connectivity index (χ0) is 13.8. The Labute approximate surface area is 105 Å². The van der Waals surface area contributed by atoms with E-state index in [0.717, 1.165) is 11.3 Å². The number of nitrogens with one attached hydrogen (secondary N) is 1. The molecule has 1 heterocycles. The van der Waals surface area contributed by atoms with Crippen LogP contribution in [0.15, 0.2) is 0 Å². The highest BCUT2D eigenvalue weighted by molar-refractivity contribution is 7.15. The van der Waals surface area contributed by atoms with Crippen LogP contribution >= 0.6 is 11.3 Å². The van der Waals surface area contributed by atoms with Gasteiger partial charge in [0.05, 0.1) is 6.61 Å². The molecule has 0 spiro atoms. The number of hydrogen-bond donors (Lipinski definition) is 2. The molecule has 0 amide bonds. The maximum Gasteiger partial charge on any atom is 0.411 e. The number of halogens is 3. The molecule has 0 atom stereocenters. The molecule has 0 aliphatic rings. The van der Waals surface area contributed by atoms with Gasteiger partial charge < -0.3 is 15.2 Å². The number of rotatable bonds is 6. The van der Waals surface area contributed by atoms with Crippen LogP contribution in [0.1, 0.15) is 15.4 Å². The lowest BCUT2D eigenvalue weighted by Gasteiger charge is -2.07. The van der Waals surface area contributed by atoms with E-state index in [4.69, 9.17) is 5.11 Å². The predicted molar refractivity (Wildman–Crippen MR) is 59.2 cm³/mol. The van der Waals surface area contributed by atoms with Crippen molar-refractivity contribution in [3.8, 4) is 0 Å². The minimum absolute atomic E-state index is 0.0568. The Hall–Kier alpha value is -1.35. The summed E-state index contributed by atoms with van der Waals surface area (Å²) in [5, 5.41) is 11.8. The van der Waals surface area contributed by atoms with Crippen LogP contribution < -0.4 is 5.32 Å². The lowest BCUT2D eigenvalue weighted by atomic mass is 10.4. The molecule has 1 aromatic rings. The van der Waals surface area contributed by atoms with Crippen LogP contribution in [0.3, 0.4) is 0 Å². The fraction of sp³-hybridized carbons (Fsp3) is 0.556. The second-order valence-corrected chi connectivity index (χ2v) is 4.53. The molecule has 0 aliphatic carbocycles. The van der Waals surface area contributed by atoms with E-state index >= 15 is 0 Å². The molecule has 0 aromatic carbocycles. The predicted octanol–water partition coefficient (Wildman–Crippen LogP) is 2.14. The summed E-state index contributed by atoms with van der Waals surface area (Å²) in [6.07, 6.45) is -4.34. The number of nitrogens with zero attached hydrogens (tertiary/aromatic N) is 1. The summed E-state index contributed by atoms with van der Waals surface area (Å²) in [6.45, 7) is 0.293. The van der Waals surface area contributed by atoms with Crippen molar-refractivity contribution in [3.05, 3.63) is 10.6 Å². The van der Waals surface area contributed by atoms with Crippen LogP contribution in [-0.2, 0) is 4.74 Å². The molecule has 1 aromatic heterocycles. The second kappa shape index (κ2) is 6.01. The van der Waals surface area contributed by atoms with Crippen LogP contribution in [-0.4, -0.2) is 42.0 Å². The van der Waals surface area contributed by atoms with Gasteiger partial charge in [0.25, 0.3) is 0 Å². The van der Waals surface area contributed by atoms with Crippen LogP contribution in [0.5, 0.6) is 0 Å². The van der Waals surface area contributed by atoms with Crippen LogP contribution in [0.4, 0.5) is 18.3 Å². The lowest BCUT2D eigenvalue weighted by molar-refractivity contribution is -0.172. The van der Waals surface area contributed by atoms with Gasteiger partial charge in [-0.3, -0.25) is 0 Å². The Balaban J connectivity index is 2.32. The fourth-order valence-electron chi connectivity index (χ4n) is 1.09. The van der Waals surface area contributed by atoms with Gasteiger partial charge in [-0.1, -0.05) is 0 Å². The number of carboxylic acids is 1. The molecule has 9 heteroatoms. The molecule has 0 aliphatic heterocycles. The zero-order valence-corrected chi connectivity index (χ0v) is 10.2. The van der Waals surface area contributed by atoms with Gasteiger partial charge in [-0.2, -0.15) is 13.2 Å². The standard InChI is InChI=1S/C9H11F3N2O3S/c1-5-6(7(15)16)14-8(18-5)13-2-3-17-4-9(10,11)12/h2-4H2,1H3,(H,13,14)(H,15,16). The Morgan fingerprint density at radius 1 is 1.56 bits per heavy atom. The number of ether oxygens (including phenoxy) is 1. The van der Waals surface area contributed by atoms with E-state index in [1.807, 2.05) is 0 Å². The van der Waals surface area contributed by atoms with Crippen LogP contribution in [0.25, 0.3) is 0 Å². The Bertz CT molecular complexity index is 420. The average molecular weight is 284 g/mol. The van der Waals surface area contributed by atoms with E-state index in [9.17, 15) is 18.0 Å². The highest BCUT2D eigenvalue weighted by Crippen LogP contribution is 2.21. The molecule has 0 radical (unpaired) electrons. The van der Waals surface area contributed by atoms with E-state index < -0.39 is 18.8 Å². The minimum atomic E-state index is -4.34. The molecule has 0 unspecified atom stereocenters. The third kappa shape index (κ3) is 4.88. The number of carboxylic acid groups (broad SMARTS) is 1. The van der Waals surface area contributed by atoms with Crippen LogP contribution in [0, 0.1) is 6.92 Å². The van der Waals surface area contributed by atoms with Crippen LogP contribution in [0.2, 0.25) is 0 Å². The highest BCUT2D eigenvalue weighted by Gasteiger charge is 2.27. The molecule has 0 fully saturated rings. The molecule has 0 saturated carbocycles. The van der Waals surface area contributed by atoms with Gasteiger partial charge in [-0.15, -0.1) is 11.3 Å². The van der Waals surface area contributed by atoms with Gasteiger partial charge in [-0.25, -0.2) is 9.78 Å². The van der Waals surface area contributed by atoms with Crippen molar-refractivity contribution in [1.29, 1.82) is 0 Å². The topological polar surface area (TPSA) is 71.5 Å². The number of aromatic nitrogens is 1. The molecular formula is C9H11F3N2O3S. The molecular weight excluding hydrogens is 273 g/mol. The Morgan fingerprint density at radius 3 is 2.72 bits per heavy atom. The SMILES string of the molecule is Cc1sc(NCCOCC(F)(F)F)nc1C(=O)O. The van der Waals surface area contributed by atoms with Gasteiger partial charge in [0.2, 0.25) is 0 Å². The molecule has 0 saturated heterocycles. The summed E-state index contributed by atoms with van der Waals surface area (Å²) in [5.41, 5.74) is -0.0568. The summed E-state index contributed by atoms with van der Waals surface area (Å²) in [4.78, 5) is 15.0. The second-order valence-electron chi connectivity index (χ2n) is 3.32. The van der Waals surface area contributed by atoms with Gasteiger partial charge in [-0.05, 0) is 6.92 Å². The van der Waals surface area contributed by atoms with Crippen molar-refractivity contribution < 1.29 is 27.8 Å². The maximum atomic E-state index is 11.7. The summed E-state index contributed by atoms with van der Waals surface area (Å²) in [7, 11) is 0. The number of alkyl halides is 3. The number of thiazole rings is 1. The largest absolute Gasteiger partial charge is 0.476 e. The molecule has 1 rings (SSSR count). The molecule has 5 nitrogen and oxygen atoms in total. The summed E-state index contributed by atoms with van der Waals surface area (Å²) >= 11 is 1.13. The lowest BCUT2D eigenvalue weighted by Crippen LogP contribution is -2.20. The monoisotopic (exact) mass is 284 g/mol. The normalized spacial score (nSPS) is 11.6. The highest BCUT2D eigenvalue weighted by atomic mass is 32.1. The Morgan fingerprint density at radius 2 is 2.22 bits per heavy atom. The molecule has 2 N–H and O–H groups in total. The van der Waals surface area contributed by atoms with Crippen molar-refractivity contribution in [2.24, 2.45) is 0 Å². The number of aromatic carboxylic acids is 1. The quantitative estimate of drug-likeness (QED) is 0.783. The van der Waals surface area contributed by atoms with Crippen molar-refractivity contribution >= 4 is 22.4 Å². The van der Waals surface area contributed by atoms with Gasteiger partial charge in [0.1, 0.15) is 6.61 Å². The van der Waals surface area contributed by atoms with Crippen molar-refractivity contribution in [3.63, 3.8) is 0 Å². The van der Waals surface area contributed by atoms with E-state index in [2.05, 4.69) is 15.0 Å². The Kier molecular flexibility index (Phi) is 4.91. The van der Waals surface area contributed by atoms with Gasteiger partial charge >= 0.3 is 12.1 Å². The summed E-state index contributed by atoms with van der Waals surface area (Å²) in [5.74, 6) is -1.13. The average Bonchev–Trinajstić information content (AvgIpc) is 2.57. The number of anilines is 1. The number of aryl methyl sites for hydroxylation is 1. The fourth-order valence-corrected chi connectivity index (χ4v) is 1.92. The molecule has 0 bridgehead atoms. The number of hydrogen-bond acceptors (Lipinski definition) is 5. The number of carbonyl (C=O) groups is 1. The first kappa shape index (κ1) is 14.7. The van der Waals surface area contributed by atoms with Gasteiger partial charge in [0, 0.05) is 11.4 Å². The third-order valence-electron chi connectivity index (χ3n) is 1.79. The zero-order valence-electron chi connectivity index (χ0n) is 9.37. The summed E-state index contributed by atoms with van der Waals surface area (Å²) in [6, 6.07) is 0. The van der Waals surface area contributed by atoms with E-state index in [0.29, 0.717) is 10.0 Å². The van der Waals surface area contributed by atoms with E-state index in [1.165, 1.54) is 0 Å². The van der Waals surface area contributed by atoms with Crippen molar-refractivity contribution in [2.45, 2.75) is 13.1 Å². The first-order valence-corrected chi connectivity index (χ1v) is 5.70. The van der Waals surface area contributed by atoms with E-state index in [1.54, 1.807) is 6.92 Å². The third-order valence-corrected chi connectivity index (χ3v) is 2.72. The molecule has 102 valence electrons.